The van der Waals surface area contributed by atoms with Crippen LogP contribution in [0.1, 0.15) is 24.1 Å². The fourth-order valence-electron chi connectivity index (χ4n) is 2.91. The quantitative estimate of drug-likeness (QED) is 0.892. The number of hydrogen-bond donors (Lipinski definition) is 1. The minimum absolute atomic E-state index is 0. The zero-order chi connectivity index (χ0) is 14.8. The average Bonchev–Trinajstić information content (AvgIpc) is 3.09. The standard InChI is InChI=1S/C16H19N3OS.2ClH/c1-11-15(21-10-18-11)13-6-4-12(5-7-13)9-19-8-2-3-14(19)16(17)20;;/h4-7,10,14H,2-3,8-9H2,1H3,(H2,17,20);2*1H. The molecule has 1 aromatic carbocycles. The van der Waals surface area contributed by atoms with Crippen LogP contribution in [-0.4, -0.2) is 28.4 Å². The number of carbonyl (C=O) groups is 1. The summed E-state index contributed by atoms with van der Waals surface area (Å²) in [5, 5.41) is 0. The second kappa shape index (κ2) is 8.64. The van der Waals surface area contributed by atoms with Gasteiger partial charge in [0.25, 0.3) is 0 Å². The minimum Gasteiger partial charge on any atom is -0.368 e. The number of benzene rings is 1. The Labute approximate surface area is 152 Å². The number of hydrogen-bond acceptors (Lipinski definition) is 4. The van der Waals surface area contributed by atoms with Gasteiger partial charge in [0, 0.05) is 6.54 Å². The molecule has 0 bridgehead atoms. The van der Waals surface area contributed by atoms with Gasteiger partial charge in [0.15, 0.2) is 0 Å². The van der Waals surface area contributed by atoms with Gasteiger partial charge < -0.3 is 5.73 Å². The molecule has 0 spiro atoms. The van der Waals surface area contributed by atoms with Crippen LogP contribution >= 0.6 is 36.2 Å². The summed E-state index contributed by atoms with van der Waals surface area (Å²) in [4.78, 5) is 19.1. The molecule has 1 saturated heterocycles. The minimum atomic E-state index is -0.204. The van der Waals surface area contributed by atoms with Crippen molar-refractivity contribution in [1.29, 1.82) is 0 Å². The summed E-state index contributed by atoms with van der Waals surface area (Å²) in [6, 6.07) is 8.42. The number of primary amides is 1. The normalized spacial score (nSPS) is 17.3. The Hall–Kier alpha value is -1.14. The zero-order valence-electron chi connectivity index (χ0n) is 12.9. The van der Waals surface area contributed by atoms with Crippen molar-refractivity contribution in [3.05, 3.63) is 41.0 Å². The molecule has 1 aliphatic rings. The van der Waals surface area contributed by atoms with Gasteiger partial charge in [0.1, 0.15) is 0 Å². The fourth-order valence-corrected chi connectivity index (χ4v) is 3.72. The first-order valence-corrected chi connectivity index (χ1v) is 8.06. The molecule has 7 heteroatoms. The molecule has 0 radical (unpaired) electrons. The van der Waals surface area contributed by atoms with Gasteiger partial charge in [-0.3, -0.25) is 9.69 Å². The van der Waals surface area contributed by atoms with Crippen LogP contribution in [0.5, 0.6) is 0 Å². The fraction of sp³-hybridized carbons (Fsp3) is 0.375. The van der Waals surface area contributed by atoms with E-state index in [2.05, 4.69) is 34.1 Å². The lowest BCUT2D eigenvalue weighted by Crippen LogP contribution is -2.39. The molecule has 23 heavy (non-hydrogen) atoms. The summed E-state index contributed by atoms with van der Waals surface area (Å²) in [6.45, 7) is 3.76. The van der Waals surface area contributed by atoms with Crippen LogP contribution in [0, 0.1) is 6.92 Å². The highest BCUT2D eigenvalue weighted by atomic mass is 35.5. The zero-order valence-corrected chi connectivity index (χ0v) is 15.3. The predicted molar refractivity (Wildman–Crippen MR) is 99.4 cm³/mol. The summed E-state index contributed by atoms with van der Waals surface area (Å²) in [7, 11) is 0. The molecular weight excluding hydrogens is 353 g/mol. The summed E-state index contributed by atoms with van der Waals surface area (Å²) in [6.07, 6.45) is 1.93. The second-order valence-electron chi connectivity index (χ2n) is 5.49. The van der Waals surface area contributed by atoms with Crippen LogP contribution in [0.4, 0.5) is 0 Å². The van der Waals surface area contributed by atoms with Gasteiger partial charge in [0.2, 0.25) is 5.91 Å². The number of halogens is 2. The molecule has 2 aromatic rings. The highest BCUT2D eigenvalue weighted by Gasteiger charge is 2.28. The summed E-state index contributed by atoms with van der Waals surface area (Å²) >= 11 is 1.66. The van der Waals surface area contributed by atoms with Gasteiger partial charge in [-0.25, -0.2) is 4.98 Å². The molecule has 0 saturated carbocycles. The first-order valence-electron chi connectivity index (χ1n) is 7.18. The molecule has 1 aliphatic heterocycles. The lowest BCUT2D eigenvalue weighted by atomic mass is 10.1. The molecule has 1 aromatic heterocycles. The number of nitrogens with two attached hydrogens (primary N) is 1. The number of rotatable bonds is 4. The highest BCUT2D eigenvalue weighted by Crippen LogP contribution is 2.28. The van der Waals surface area contributed by atoms with E-state index in [1.165, 1.54) is 16.0 Å². The van der Waals surface area contributed by atoms with E-state index in [1.807, 2.05) is 12.4 Å². The first kappa shape index (κ1) is 19.9. The van der Waals surface area contributed by atoms with Crippen molar-refractivity contribution in [2.75, 3.05) is 6.54 Å². The average molecular weight is 374 g/mol. The Morgan fingerprint density at radius 3 is 2.61 bits per heavy atom. The number of amides is 1. The van der Waals surface area contributed by atoms with E-state index in [4.69, 9.17) is 5.73 Å². The topological polar surface area (TPSA) is 59.2 Å². The van der Waals surface area contributed by atoms with E-state index in [9.17, 15) is 4.79 Å². The largest absolute Gasteiger partial charge is 0.368 e. The molecule has 1 atom stereocenters. The first-order chi connectivity index (χ1) is 10.1. The van der Waals surface area contributed by atoms with Crippen molar-refractivity contribution in [2.24, 2.45) is 5.73 Å². The van der Waals surface area contributed by atoms with Gasteiger partial charge >= 0.3 is 0 Å². The number of nitrogens with zero attached hydrogens (tertiary/aromatic N) is 2. The smallest absolute Gasteiger partial charge is 0.234 e. The lowest BCUT2D eigenvalue weighted by molar-refractivity contribution is -0.122. The van der Waals surface area contributed by atoms with Crippen molar-refractivity contribution in [3.63, 3.8) is 0 Å². The molecular formula is C16H21Cl2N3OS. The van der Waals surface area contributed by atoms with Gasteiger partial charge in [-0.15, -0.1) is 36.2 Å². The monoisotopic (exact) mass is 373 g/mol. The van der Waals surface area contributed by atoms with Crippen molar-refractivity contribution in [2.45, 2.75) is 32.4 Å². The number of likely N-dealkylation sites (tertiary alicyclic amines) is 1. The van der Waals surface area contributed by atoms with E-state index in [-0.39, 0.29) is 36.8 Å². The molecule has 1 amide bonds. The SMILES string of the molecule is Cc1ncsc1-c1ccc(CN2CCCC2C(N)=O)cc1.Cl.Cl. The predicted octanol–water partition coefficient (Wildman–Crippen LogP) is 3.41. The maximum absolute atomic E-state index is 11.4. The second-order valence-corrected chi connectivity index (χ2v) is 6.35. The van der Waals surface area contributed by atoms with Crippen molar-refractivity contribution < 1.29 is 4.79 Å². The summed E-state index contributed by atoms with van der Waals surface area (Å²) < 4.78 is 0. The van der Waals surface area contributed by atoms with Crippen LogP contribution in [0.15, 0.2) is 29.8 Å². The van der Waals surface area contributed by atoms with Gasteiger partial charge in [0.05, 0.1) is 22.1 Å². The lowest BCUT2D eigenvalue weighted by Gasteiger charge is -2.21. The van der Waals surface area contributed by atoms with E-state index in [0.717, 1.165) is 31.6 Å². The van der Waals surface area contributed by atoms with Crippen LogP contribution in [0.3, 0.4) is 0 Å². The van der Waals surface area contributed by atoms with E-state index in [0.29, 0.717) is 0 Å². The Bertz CT molecular complexity index is 645. The maximum atomic E-state index is 11.4. The molecule has 2 heterocycles. The Morgan fingerprint density at radius 2 is 2.04 bits per heavy atom. The Kier molecular flexibility index (Phi) is 7.48. The third-order valence-corrected chi connectivity index (χ3v) is 5.02. The van der Waals surface area contributed by atoms with E-state index in [1.54, 1.807) is 11.3 Å². The molecule has 2 N–H and O–H groups in total. The van der Waals surface area contributed by atoms with Gasteiger partial charge in [-0.05, 0) is 37.4 Å². The summed E-state index contributed by atoms with van der Waals surface area (Å²) in [5.74, 6) is -0.204. The highest BCUT2D eigenvalue weighted by molar-refractivity contribution is 7.13. The van der Waals surface area contributed by atoms with Crippen LogP contribution in [0.2, 0.25) is 0 Å². The Morgan fingerprint density at radius 1 is 1.35 bits per heavy atom. The summed E-state index contributed by atoms with van der Waals surface area (Å²) in [5.41, 5.74) is 10.8. The van der Waals surface area contributed by atoms with Crippen LogP contribution < -0.4 is 5.73 Å². The molecule has 126 valence electrons. The van der Waals surface area contributed by atoms with Gasteiger partial charge in [-0.2, -0.15) is 0 Å². The van der Waals surface area contributed by atoms with E-state index >= 15 is 0 Å². The van der Waals surface area contributed by atoms with Crippen molar-refractivity contribution in [1.82, 2.24) is 9.88 Å². The maximum Gasteiger partial charge on any atom is 0.234 e. The molecule has 0 aliphatic carbocycles. The van der Waals surface area contributed by atoms with Crippen molar-refractivity contribution in [3.8, 4) is 10.4 Å². The molecule has 1 unspecified atom stereocenters. The molecule has 1 fully saturated rings. The van der Waals surface area contributed by atoms with Crippen molar-refractivity contribution >= 4 is 42.1 Å². The number of aryl methyl sites for hydroxylation is 1. The third kappa shape index (κ3) is 4.44. The Balaban J connectivity index is 0.00000132. The molecule has 3 rings (SSSR count). The third-order valence-electron chi connectivity index (χ3n) is 4.04. The number of carbonyl (C=O) groups excluding carboxylic acids is 1. The molecule has 4 nitrogen and oxygen atoms in total. The van der Waals surface area contributed by atoms with Crippen LogP contribution in [-0.2, 0) is 11.3 Å². The van der Waals surface area contributed by atoms with Crippen LogP contribution in [0.25, 0.3) is 10.4 Å². The van der Waals surface area contributed by atoms with Gasteiger partial charge in [-0.1, -0.05) is 24.3 Å². The number of thiazole rings is 1. The number of aromatic nitrogens is 1. The van der Waals surface area contributed by atoms with E-state index < -0.39 is 0 Å².